The lowest BCUT2D eigenvalue weighted by Crippen LogP contribution is -2.47. The Morgan fingerprint density at radius 3 is 2.12 bits per heavy atom. The van der Waals surface area contributed by atoms with Gasteiger partial charge in [-0.3, -0.25) is 4.90 Å². The van der Waals surface area contributed by atoms with E-state index >= 15 is 0 Å². The highest BCUT2D eigenvalue weighted by Gasteiger charge is 2.51. The van der Waals surface area contributed by atoms with Crippen LogP contribution in [0.3, 0.4) is 0 Å². The average molecular weight is 346 g/mol. The van der Waals surface area contributed by atoms with Gasteiger partial charge in [-0.1, -0.05) is 6.07 Å². The van der Waals surface area contributed by atoms with E-state index in [2.05, 4.69) is 9.80 Å². The van der Waals surface area contributed by atoms with Crippen LogP contribution in [0.15, 0.2) is 18.2 Å². The summed E-state index contributed by atoms with van der Waals surface area (Å²) in [7, 11) is -0.514. The van der Waals surface area contributed by atoms with Gasteiger partial charge in [0, 0.05) is 32.2 Å². The van der Waals surface area contributed by atoms with Crippen LogP contribution in [0.1, 0.15) is 40.5 Å². The van der Waals surface area contributed by atoms with E-state index in [-0.39, 0.29) is 5.82 Å². The van der Waals surface area contributed by atoms with Crippen LogP contribution in [0.4, 0.5) is 10.1 Å². The first-order valence-corrected chi connectivity index (χ1v) is 9.41. The number of hydrogen-bond acceptors (Lipinski definition) is 4. The molecule has 136 valence electrons. The van der Waals surface area contributed by atoms with Gasteiger partial charge in [0.2, 0.25) is 0 Å². The summed E-state index contributed by atoms with van der Waals surface area (Å²) in [5.74, 6) is -0.188. The van der Waals surface area contributed by atoms with Gasteiger partial charge in [0.05, 0.1) is 16.9 Å². The summed E-state index contributed by atoms with van der Waals surface area (Å²) in [6.45, 7) is 11.9. The standard InChI is InChI=1S/C19H28BFN2O2/c1-18(2)19(3,4)25-20(24-18)14-5-8-17(16(21)13-14)23-11-9-22(10-12-23)15-6-7-15/h5,8,13,15H,6-7,9-12H2,1-4H3. The van der Waals surface area contributed by atoms with Gasteiger partial charge < -0.3 is 14.2 Å². The molecule has 1 aliphatic carbocycles. The van der Waals surface area contributed by atoms with Gasteiger partial charge in [-0.2, -0.15) is 0 Å². The van der Waals surface area contributed by atoms with E-state index in [1.807, 2.05) is 39.8 Å². The normalized spacial score (nSPS) is 26.3. The van der Waals surface area contributed by atoms with Crippen LogP contribution in [0.2, 0.25) is 0 Å². The summed E-state index contributed by atoms with van der Waals surface area (Å²) in [6.07, 6.45) is 2.66. The summed E-state index contributed by atoms with van der Waals surface area (Å²) >= 11 is 0. The van der Waals surface area contributed by atoms with Crippen molar-refractivity contribution in [1.29, 1.82) is 0 Å². The highest BCUT2D eigenvalue weighted by molar-refractivity contribution is 6.62. The topological polar surface area (TPSA) is 24.9 Å². The Balaban J connectivity index is 1.46. The highest BCUT2D eigenvalue weighted by Crippen LogP contribution is 2.36. The van der Waals surface area contributed by atoms with Gasteiger partial charge in [-0.15, -0.1) is 0 Å². The monoisotopic (exact) mass is 346 g/mol. The number of hydrogen-bond donors (Lipinski definition) is 0. The van der Waals surface area contributed by atoms with Crippen LogP contribution in [0, 0.1) is 5.82 Å². The third-order valence-corrected chi connectivity index (χ3v) is 6.22. The number of piperazine rings is 1. The molecule has 4 nitrogen and oxygen atoms in total. The van der Waals surface area contributed by atoms with E-state index < -0.39 is 18.3 Å². The minimum atomic E-state index is -0.514. The lowest BCUT2D eigenvalue weighted by molar-refractivity contribution is 0.00578. The fourth-order valence-corrected chi connectivity index (χ4v) is 3.67. The Morgan fingerprint density at radius 1 is 1.00 bits per heavy atom. The van der Waals surface area contributed by atoms with Crippen molar-refractivity contribution in [2.75, 3.05) is 31.1 Å². The van der Waals surface area contributed by atoms with Gasteiger partial charge in [-0.25, -0.2) is 4.39 Å². The third kappa shape index (κ3) is 3.20. The number of anilines is 1. The second-order valence-corrected chi connectivity index (χ2v) is 8.55. The molecule has 0 N–H and O–H groups in total. The second kappa shape index (κ2) is 5.97. The van der Waals surface area contributed by atoms with E-state index in [0.29, 0.717) is 5.69 Å². The minimum Gasteiger partial charge on any atom is -0.399 e. The van der Waals surface area contributed by atoms with Crippen molar-refractivity contribution >= 4 is 18.3 Å². The van der Waals surface area contributed by atoms with E-state index in [1.165, 1.54) is 12.8 Å². The molecule has 6 heteroatoms. The molecule has 3 aliphatic rings. The maximum atomic E-state index is 14.8. The van der Waals surface area contributed by atoms with Crippen molar-refractivity contribution in [2.45, 2.75) is 57.8 Å². The first-order chi connectivity index (χ1) is 11.8. The fraction of sp³-hybridized carbons (Fsp3) is 0.684. The Labute approximate surface area is 150 Å². The van der Waals surface area contributed by atoms with Crippen molar-refractivity contribution in [3.05, 3.63) is 24.0 Å². The molecule has 0 unspecified atom stereocenters. The van der Waals surface area contributed by atoms with Crippen molar-refractivity contribution in [3.8, 4) is 0 Å². The molecule has 2 heterocycles. The van der Waals surface area contributed by atoms with E-state index in [1.54, 1.807) is 6.07 Å². The molecule has 0 spiro atoms. The zero-order valence-corrected chi connectivity index (χ0v) is 15.7. The van der Waals surface area contributed by atoms with E-state index in [4.69, 9.17) is 9.31 Å². The smallest absolute Gasteiger partial charge is 0.399 e. The largest absolute Gasteiger partial charge is 0.494 e. The first kappa shape index (κ1) is 17.3. The Kier molecular flexibility index (Phi) is 4.13. The molecule has 2 aliphatic heterocycles. The summed E-state index contributed by atoms with van der Waals surface area (Å²) < 4.78 is 26.8. The second-order valence-electron chi connectivity index (χ2n) is 8.55. The molecular formula is C19H28BFN2O2. The molecule has 0 amide bonds. The Hall–Kier alpha value is -1.11. The van der Waals surface area contributed by atoms with Gasteiger partial charge in [-0.05, 0) is 58.1 Å². The van der Waals surface area contributed by atoms with Crippen LogP contribution in [-0.4, -0.2) is 55.4 Å². The minimum absolute atomic E-state index is 0.188. The zero-order valence-electron chi connectivity index (χ0n) is 15.7. The summed E-state index contributed by atoms with van der Waals surface area (Å²) in [4.78, 5) is 4.69. The van der Waals surface area contributed by atoms with Crippen LogP contribution in [0.25, 0.3) is 0 Å². The number of halogens is 1. The van der Waals surface area contributed by atoms with E-state index in [9.17, 15) is 4.39 Å². The number of nitrogens with zero attached hydrogens (tertiary/aromatic N) is 2. The highest BCUT2D eigenvalue weighted by atomic mass is 19.1. The molecule has 0 radical (unpaired) electrons. The zero-order chi connectivity index (χ0) is 17.8. The van der Waals surface area contributed by atoms with Crippen LogP contribution in [-0.2, 0) is 9.31 Å². The molecule has 3 fully saturated rings. The van der Waals surface area contributed by atoms with Crippen LogP contribution in [0.5, 0.6) is 0 Å². The molecule has 1 aromatic carbocycles. The quantitative estimate of drug-likeness (QED) is 0.785. The van der Waals surface area contributed by atoms with Crippen LogP contribution < -0.4 is 10.4 Å². The Morgan fingerprint density at radius 2 is 1.60 bits per heavy atom. The molecule has 0 bridgehead atoms. The molecular weight excluding hydrogens is 318 g/mol. The average Bonchev–Trinajstić information content (AvgIpc) is 3.35. The Bertz CT molecular complexity index is 639. The third-order valence-electron chi connectivity index (χ3n) is 6.22. The number of rotatable bonds is 3. The van der Waals surface area contributed by atoms with Crippen molar-refractivity contribution < 1.29 is 13.7 Å². The summed E-state index contributed by atoms with van der Waals surface area (Å²) in [6, 6.07) is 6.18. The van der Waals surface area contributed by atoms with Crippen molar-refractivity contribution in [3.63, 3.8) is 0 Å². The predicted molar refractivity (Wildman–Crippen MR) is 98.9 cm³/mol. The predicted octanol–water partition coefficient (Wildman–Crippen LogP) is 2.41. The van der Waals surface area contributed by atoms with Crippen LogP contribution >= 0.6 is 0 Å². The summed E-state index contributed by atoms with van der Waals surface area (Å²) in [5, 5.41) is 0. The molecule has 1 saturated carbocycles. The molecule has 25 heavy (non-hydrogen) atoms. The van der Waals surface area contributed by atoms with Gasteiger partial charge >= 0.3 is 7.12 Å². The SMILES string of the molecule is CC1(C)OB(c2ccc(N3CCN(C4CC4)CC3)c(F)c2)OC1(C)C. The van der Waals surface area contributed by atoms with Gasteiger partial charge in [0.15, 0.2) is 0 Å². The molecule has 0 atom stereocenters. The maximum absolute atomic E-state index is 14.8. The van der Waals surface area contributed by atoms with Crippen molar-refractivity contribution in [1.82, 2.24) is 4.90 Å². The van der Waals surface area contributed by atoms with Gasteiger partial charge in [0.25, 0.3) is 0 Å². The maximum Gasteiger partial charge on any atom is 0.494 e. The first-order valence-electron chi connectivity index (χ1n) is 9.41. The molecule has 4 rings (SSSR count). The lowest BCUT2D eigenvalue weighted by Gasteiger charge is -2.36. The lowest BCUT2D eigenvalue weighted by atomic mass is 9.79. The fourth-order valence-electron chi connectivity index (χ4n) is 3.67. The van der Waals surface area contributed by atoms with Crippen molar-refractivity contribution in [2.24, 2.45) is 0 Å². The molecule has 2 saturated heterocycles. The molecule has 1 aromatic rings. The van der Waals surface area contributed by atoms with Gasteiger partial charge in [0.1, 0.15) is 5.82 Å². The summed E-state index contributed by atoms with van der Waals surface area (Å²) in [5.41, 5.74) is 0.616. The number of benzene rings is 1. The molecule has 0 aromatic heterocycles. The van der Waals surface area contributed by atoms with E-state index in [0.717, 1.165) is 37.7 Å².